The Bertz CT molecular complexity index is 1500. The normalized spacial score (nSPS) is 13.4. The van der Waals surface area contributed by atoms with Gasteiger partial charge in [-0.3, -0.25) is 14.3 Å². The van der Waals surface area contributed by atoms with E-state index in [0.717, 1.165) is 15.2 Å². The van der Waals surface area contributed by atoms with E-state index in [1.165, 1.54) is 35.5 Å². The van der Waals surface area contributed by atoms with Crippen LogP contribution in [0.3, 0.4) is 0 Å². The lowest BCUT2D eigenvalue weighted by Gasteiger charge is -2.41. The fourth-order valence-electron chi connectivity index (χ4n) is 3.77. The molecule has 13 heteroatoms. The Morgan fingerprint density at radius 2 is 1.94 bits per heavy atom. The van der Waals surface area contributed by atoms with Gasteiger partial charge in [0.05, 0.1) is 40.2 Å². The second kappa shape index (κ2) is 9.62. The summed E-state index contributed by atoms with van der Waals surface area (Å²) in [6.07, 6.45) is 1.56. The summed E-state index contributed by atoms with van der Waals surface area (Å²) in [7, 11) is 0. The largest absolute Gasteiger partial charge is 0.352 e. The maximum Gasteiger partial charge on any atom is 0.345 e. The van der Waals surface area contributed by atoms with Gasteiger partial charge in [-0.05, 0) is 23.8 Å². The number of benzene rings is 1. The van der Waals surface area contributed by atoms with Crippen LogP contribution in [0, 0.1) is 28.5 Å². The number of aromatic nitrogens is 3. The van der Waals surface area contributed by atoms with Crippen LogP contribution < -0.4 is 16.1 Å². The lowest BCUT2D eigenvalue weighted by molar-refractivity contribution is -0.167. The molecule has 0 N–H and O–H groups in total. The predicted molar refractivity (Wildman–Crippen MR) is 118 cm³/mol. The van der Waals surface area contributed by atoms with Crippen molar-refractivity contribution in [2.45, 2.75) is 19.3 Å². The number of rotatable bonds is 6. The van der Waals surface area contributed by atoms with Crippen LogP contribution in [0.2, 0.25) is 5.02 Å². The van der Waals surface area contributed by atoms with Gasteiger partial charge in [0.2, 0.25) is 0 Å². The van der Waals surface area contributed by atoms with E-state index < -0.39 is 36.3 Å². The van der Waals surface area contributed by atoms with Crippen molar-refractivity contribution in [3.05, 3.63) is 73.9 Å². The molecular formula is C22H14ClF3N6O3. The van der Waals surface area contributed by atoms with Gasteiger partial charge in [-0.25, -0.2) is 13.8 Å². The molecule has 0 amide bonds. The molecule has 4 rings (SSSR count). The van der Waals surface area contributed by atoms with Gasteiger partial charge in [-0.15, -0.1) is 0 Å². The minimum atomic E-state index is -3.01. The summed E-state index contributed by atoms with van der Waals surface area (Å²) < 4.78 is 45.3. The van der Waals surface area contributed by atoms with E-state index >= 15 is 0 Å². The zero-order valence-corrected chi connectivity index (χ0v) is 18.4. The standard InChI is InChI=1S/C22H14ClF3N6O3/c23-16-6-13(1-2-17(16)24)18-19(30-10-15(11-30)35-21(25)26)31(4-3-27)22(34)32(20(18)33)14-5-12(7-28)8-29-9-14/h1-2,5-6,8-9,15,21H,4,10-11H2. The molecule has 0 unspecified atom stereocenters. The number of hydrogen-bond acceptors (Lipinski definition) is 7. The van der Waals surface area contributed by atoms with Crippen LogP contribution >= 0.6 is 11.6 Å². The van der Waals surface area contributed by atoms with Gasteiger partial charge in [0.1, 0.15) is 24.2 Å². The highest BCUT2D eigenvalue weighted by molar-refractivity contribution is 6.31. The Morgan fingerprint density at radius 3 is 2.57 bits per heavy atom. The second-order valence-corrected chi connectivity index (χ2v) is 7.87. The molecular weight excluding hydrogens is 489 g/mol. The molecule has 3 heterocycles. The number of nitrogens with zero attached hydrogens (tertiary/aromatic N) is 6. The minimum absolute atomic E-state index is 0.0287. The van der Waals surface area contributed by atoms with Crippen LogP contribution in [-0.4, -0.2) is 39.9 Å². The number of nitriles is 2. The average Bonchev–Trinajstić information content (AvgIpc) is 2.80. The van der Waals surface area contributed by atoms with Gasteiger partial charge in [0.15, 0.2) is 0 Å². The van der Waals surface area contributed by atoms with Crippen molar-refractivity contribution in [1.29, 1.82) is 10.5 Å². The number of pyridine rings is 1. The summed E-state index contributed by atoms with van der Waals surface area (Å²) in [5, 5.41) is 18.3. The van der Waals surface area contributed by atoms with Gasteiger partial charge < -0.3 is 9.64 Å². The molecule has 9 nitrogen and oxygen atoms in total. The SMILES string of the molecule is N#CCn1c(N2CC(OC(F)F)C2)c(-c2ccc(F)c(Cl)c2)c(=O)n(-c2cncc(C#N)c2)c1=O. The molecule has 1 aliphatic heterocycles. The molecule has 1 aromatic carbocycles. The summed E-state index contributed by atoms with van der Waals surface area (Å²) >= 11 is 5.94. The molecule has 0 saturated carbocycles. The first kappa shape index (κ1) is 24.0. The van der Waals surface area contributed by atoms with E-state index in [1.54, 1.807) is 0 Å². The Morgan fingerprint density at radius 1 is 1.20 bits per heavy atom. The first-order valence-electron chi connectivity index (χ1n) is 10.0. The van der Waals surface area contributed by atoms with Crippen LogP contribution in [0.5, 0.6) is 0 Å². The van der Waals surface area contributed by atoms with Crippen LogP contribution in [-0.2, 0) is 11.3 Å². The van der Waals surface area contributed by atoms with Crippen molar-refractivity contribution in [1.82, 2.24) is 14.1 Å². The molecule has 0 bridgehead atoms. The van der Waals surface area contributed by atoms with Crippen molar-refractivity contribution in [3.63, 3.8) is 0 Å². The topological polar surface area (TPSA) is 117 Å². The summed E-state index contributed by atoms with van der Waals surface area (Å²) in [6.45, 7) is -3.69. The summed E-state index contributed by atoms with van der Waals surface area (Å²) in [5.74, 6) is -0.776. The molecule has 0 atom stereocenters. The highest BCUT2D eigenvalue weighted by Crippen LogP contribution is 2.33. The Labute approximate surface area is 200 Å². The molecule has 1 aliphatic rings. The lowest BCUT2D eigenvalue weighted by Crippen LogP contribution is -2.56. The molecule has 1 fully saturated rings. The molecule has 178 valence electrons. The van der Waals surface area contributed by atoms with E-state index in [-0.39, 0.29) is 46.3 Å². The van der Waals surface area contributed by atoms with Crippen LogP contribution in [0.1, 0.15) is 5.56 Å². The highest BCUT2D eigenvalue weighted by atomic mass is 35.5. The highest BCUT2D eigenvalue weighted by Gasteiger charge is 2.35. The molecule has 3 aromatic rings. The van der Waals surface area contributed by atoms with Crippen LogP contribution in [0.4, 0.5) is 19.0 Å². The molecule has 0 spiro atoms. The summed E-state index contributed by atoms with van der Waals surface area (Å²) in [5.41, 5.74) is -1.74. The van der Waals surface area contributed by atoms with E-state index in [2.05, 4.69) is 9.72 Å². The van der Waals surface area contributed by atoms with Crippen molar-refractivity contribution >= 4 is 17.4 Å². The molecule has 1 saturated heterocycles. The van der Waals surface area contributed by atoms with E-state index in [0.29, 0.717) is 0 Å². The Balaban J connectivity index is 2.02. The van der Waals surface area contributed by atoms with Gasteiger partial charge >= 0.3 is 12.3 Å². The summed E-state index contributed by atoms with van der Waals surface area (Å²) in [6, 6.07) is 8.45. The molecule has 2 aromatic heterocycles. The fourth-order valence-corrected chi connectivity index (χ4v) is 3.95. The van der Waals surface area contributed by atoms with Crippen LogP contribution in [0.25, 0.3) is 16.8 Å². The predicted octanol–water partition coefficient (Wildman–Crippen LogP) is 2.68. The van der Waals surface area contributed by atoms with Crippen molar-refractivity contribution < 1.29 is 17.9 Å². The van der Waals surface area contributed by atoms with Gasteiger partial charge in [-0.2, -0.15) is 19.3 Å². The molecule has 35 heavy (non-hydrogen) atoms. The molecule has 0 radical (unpaired) electrons. The minimum Gasteiger partial charge on any atom is -0.352 e. The summed E-state index contributed by atoms with van der Waals surface area (Å²) in [4.78, 5) is 32.4. The number of halogens is 4. The first-order chi connectivity index (χ1) is 16.7. The monoisotopic (exact) mass is 502 g/mol. The Kier molecular flexibility index (Phi) is 6.60. The number of hydrogen-bond donors (Lipinski definition) is 0. The van der Waals surface area contributed by atoms with Crippen molar-refractivity contribution in [3.8, 4) is 29.0 Å². The third kappa shape index (κ3) is 4.49. The third-order valence-electron chi connectivity index (χ3n) is 5.31. The van der Waals surface area contributed by atoms with E-state index in [4.69, 9.17) is 11.6 Å². The van der Waals surface area contributed by atoms with E-state index in [1.807, 2.05) is 12.1 Å². The van der Waals surface area contributed by atoms with Crippen LogP contribution in [0.15, 0.2) is 46.2 Å². The van der Waals surface area contributed by atoms with Gasteiger partial charge in [-0.1, -0.05) is 17.7 Å². The van der Waals surface area contributed by atoms with Crippen molar-refractivity contribution in [2.24, 2.45) is 0 Å². The van der Waals surface area contributed by atoms with Crippen molar-refractivity contribution in [2.75, 3.05) is 18.0 Å². The molecule has 0 aliphatic carbocycles. The number of ether oxygens (including phenoxy) is 1. The van der Waals surface area contributed by atoms with Gasteiger partial charge in [0, 0.05) is 19.3 Å². The third-order valence-corrected chi connectivity index (χ3v) is 5.60. The zero-order chi connectivity index (χ0) is 25.3. The second-order valence-electron chi connectivity index (χ2n) is 7.46. The number of anilines is 1. The fraction of sp³-hybridized carbons (Fsp3) is 0.227. The maximum absolute atomic E-state index is 13.9. The lowest BCUT2D eigenvalue weighted by atomic mass is 10.0. The van der Waals surface area contributed by atoms with Gasteiger partial charge in [0.25, 0.3) is 5.56 Å². The van der Waals surface area contributed by atoms with E-state index in [9.17, 15) is 33.3 Å². The quantitative estimate of drug-likeness (QED) is 0.508. The first-order valence-corrected chi connectivity index (χ1v) is 10.4. The Hall–Kier alpha value is -4.13. The average molecular weight is 503 g/mol. The zero-order valence-electron chi connectivity index (χ0n) is 17.7. The maximum atomic E-state index is 13.9. The smallest absolute Gasteiger partial charge is 0.345 e. The number of alkyl halides is 2.